The largest absolute Gasteiger partial charge is 0.494 e. The standard InChI is InChI=1S/C15H19NO5S/c1-2-20-13-4-5-14-11(9-13)8-12(10-21-14)15(17)16-6-3-7-22(16,18)19/h4-5,9,12H,2-3,6-8,10H2,1H3. The van der Waals surface area contributed by atoms with Crippen molar-refractivity contribution in [3.8, 4) is 11.5 Å². The zero-order valence-corrected chi connectivity index (χ0v) is 13.3. The Hall–Kier alpha value is -1.76. The van der Waals surface area contributed by atoms with Gasteiger partial charge in [0.15, 0.2) is 0 Å². The van der Waals surface area contributed by atoms with Crippen molar-refractivity contribution in [1.82, 2.24) is 4.31 Å². The van der Waals surface area contributed by atoms with E-state index < -0.39 is 15.9 Å². The van der Waals surface area contributed by atoms with E-state index in [4.69, 9.17) is 9.47 Å². The third-order valence-electron chi connectivity index (χ3n) is 3.94. The molecule has 0 bridgehead atoms. The number of rotatable bonds is 3. The first kappa shape index (κ1) is 15.1. The first-order valence-corrected chi connectivity index (χ1v) is 9.05. The van der Waals surface area contributed by atoms with Crippen molar-refractivity contribution in [3.05, 3.63) is 23.8 Å². The number of hydrogen-bond acceptors (Lipinski definition) is 5. The number of carbonyl (C=O) groups excluding carboxylic acids is 1. The van der Waals surface area contributed by atoms with Crippen molar-refractivity contribution < 1.29 is 22.7 Å². The van der Waals surface area contributed by atoms with E-state index in [2.05, 4.69) is 0 Å². The Morgan fingerprint density at radius 1 is 1.45 bits per heavy atom. The van der Waals surface area contributed by atoms with Crippen molar-refractivity contribution in [3.63, 3.8) is 0 Å². The second kappa shape index (κ2) is 5.79. The van der Waals surface area contributed by atoms with E-state index in [1.54, 1.807) is 0 Å². The number of nitrogens with zero attached hydrogens (tertiary/aromatic N) is 1. The Balaban J connectivity index is 1.78. The van der Waals surface area contributed by atoms with Gasteiger partial charge in [0.2, 0.25) is 15.9 Å². The molecule has 0 radical (unpaired) electrons. The number of benzene rings is 1. The van der Waals surface area contributed by atoms with Crippen molar-refractivity contribution in [2.24, 2.45) is 5.92 Å². The second-order valence-electron chi connectivity index (χ2n) is 5.49. The molecule has 0 spiro atoms. The molecule has 7 heteroatoms. The molecule has 6 nitrogen and oxygen atoms in total. The molecule has 0 saturated carbocycles. The van der Waals surface area contributed by atoms with Gasteiger partial charge in [-0.25, -0.2) is 12.7 Å². The van der Waals surface area contributed by atoms with Gasteiger partial charge in [0.1, 0.15) is 18.1 Å². The minimum atomic E-state index is -3.43. The highest BCUT2D eigenvalue weighted by Gasteiger charge is 2.38. The summed E-state index contributed by atoms with van der Waals surface area (Å²) in [6, 6.07) is 5.51. The third kappa shape index (κ3) is 2.77. The lowest BCUT2D eigenvalue weighted by Gasteiger charge is -2.27. The smallest absolute Gasteiger partial charge is 0.242 e. The molecule has 120 valence electrons. The molecule has 0 aromatic heterocycles. The second-order valence-corrected chi connectivity index (χ2v) is 7.51. The Labute approximate surface area is 130 Å². The topological polar surface area (TPSA) is 72.9 Å². The number of amides is 1. The van der Waals surface area contributed by atoms with Gasteiger partial charge in [-0.3, -0.25) is 4.79 Å². The molecular weight excluding hydrogens is 306 g/mol. The summed E-state index contributed by atoms with van der Waals surface area (Å²) in [5, 5.41) is 0. The van der Waals surface area contributed by atoms with Gasteiger partial charge in [0.25, 0.3) is 0 Å². The zero-order chi connectivity index (χ0) is 15.7. The van der Waals surface area contributed by atoms with Crippen molar-refractivity contribution in [1.29, 1.82) is 0 Å². The predicted molar refractivity (Wildman–Crippen MR) is 80.4 cm³/mol. The maximum atomic E-state index is 12.5. The molecule has 2 aliphatic rings. The molecular formula is C15H19NO5S. The summed E-state index contributed by atoms with van der Waals surface area (Å²) in [5.41, 5.74) is 0.882. The van der Waals surface area contributed by atoms with E-state index in [0.29, 0.717) is 19.4 Å². The molecule has 22 heavy (non-hydrogen) atoms. The van der Waals surface area contributed by atoms with Crippen LogP contribution in [-0.2, 0) is 21.2 Å². The number of fused-ring (bicyclic) bond motifs is 1. The lowest BCUT2D eigenvalue weighted by Crippen LogP contribution is -2.41. The average Bonchev–Trinajstić information content (AvgIpc) is 2.85. The highest BCUT2D eigenvalue weighted by atomic mass is 32.2. The summed E-state index contributed by atoms with van der Waals surface area (Å²) in [7, 11) is -3.43. The van der Waals surface area contributed by atoms with Crippen LogP contribution >= 0.6 is 0 Å². The molecule has 1 fully saturated rings. The minimum absolute atomic E-state index is 0.0530. The number of sulfonamides is 1. The van der Waals surface area contributed by atoms with Crippen LogP contribution in [0.4, 0.5) is 0 Å². The van der Waals surface area contributed by atoms with Crippen LogP contribution in [0.5, 0.6) is 11.5 Å². The summed E-state index contributed by atoms with van der Waals surface area (Å²) >= 11 is 0. The fourth-order valence-corrected chi connectivity index (χ4v) is 4.42. The lowest BCUT2D eigenvalue weighted by molar-refractivity contribution is -0.131. The highest BCUT2D eigenvalue weighted by molar-refractivity contribution is 7.89. The van der Waals surface area contributed by atoms with Crippen LogP contribution in [0, 0.1) is 5.92 Å². The molecule has 2 aliphatic heterocycles. The zero-order valence-electron chi connectivity index (χ0n) is 12.4. The van der Waals surface area contributed by atoms with E-state index in [9.17, 15) is 13.2 Å². The van der Waals surface area contributed by atoms with Crippen LogP contribution in [0.2, 0.25) is 0 Å². The molecule has 1 aromatic rings. The molecule has 1 amide bonds. The summed E-state index contributed by atoms with van der Waals surface area (Å²) in [6.07, 6.45) is 0.980. The number of carbonyl (C=O) groups is 1. The monoisotopic (exact) mass is 325 g/mol. The van der Waals surface area contributed by atoms with Gasteiger partial charge in [-0.1, -0.05) is 0 Å². The van der Waals surface area contributed by atoms with Gasteiger partial charge in [-0.15, -0.1) is 0 Å². The van der Waals surface area contributed by atoms with Crippen molar-refractivity contribution in [2.75, 3.05) is 25.5 Å². The average molecular weight is 325 g/mol. The summed E-state index contributed by atoms with van der Waals surface area (Å²) in [4.78, 5) is 12.5. The Morgan fingerprint density at radius 3 is 2.95 bits per heavy atom. The van der Waals surface area contributed by atoms with Gasteiger partial charge in [0, 0.05) is 6.54 Å². The quantitative estimate of drug-likeness (QED) is 0.835. The molecule has 1 saturated heterocycles. The van der Waals surface area contributed by atoms with Gasteiger partial charge in [0.05, 0.1) is 18.3 Å². The van der Waals surface area contributed by atoms with Gasteiger partial charge >= 0.3 is 0 Å². The van der Waals surface area contributed by atoms with E-state index in [0.717, 1.165) is 21.4 Å². The minimum Gasteiger partial charge on any atom is -0.494 e. The fourth-order valence-electron chi connectivity index (χ4n) is 2.88. The SMILES string of the molecule is CCOc1ccc2c(c1)CC(C(=O)N1CCCS1(=O)=O)CO2. The Morgan fingerprint density at radius 2 is 2.27 bits per heavy atom. The van der Waals surface area contributed by atoms with Crippen LogP contribution in [0.1, 0.15) is 18.9 Å². The van der Waals surface area contributed by atoms with Crippen LogP contribution in [-0.4, -0.2) is 44.1 Å². The van der Waals surface area contributed by atoms with Crippen LogP contribution in [0.25, 0.3) is 0 Å². The maximum absolute atomic E-state index is 12.5. The molecule has 1 atom stereocenters. The first-order valence-electron chi connectivity index (χ1n) is 7.44. The van der Waals surface area contributed by atoms with E-state index in [1.165, 1.54) is 0 Å². The molecule has 0 N–H and O–H groups in total. The number of hydrogen-bond donors (Lipinski definition) is 0. The first-order chi connectivity index (χ1) is 10.5. The van der Waals surface area contributed by atoms with E-state index >= 15 is 0 Å². The van der Waals surface area contributed by atoms with Gasteiger partial charge < -0.3 is 9.47 Å². The third-order valence-corrected chi connectivity index (χ3v) is 5.78. The lowest BCUT2D eigenvalue weighted by atomic mass is 9.96. The molecule has 0 aliphatic carbocycles. The van der Waals surface area contributed by atoms with Crippen molar-refractivity contribution >= 4 is 15.9 Å². The van der Waals surface area contributed by atoms with E-state index in [1.807, 2.05) is 25.1 Å². The van der Waals surface area contributed by atoms with Crippen LogP contribution < -0.4 is 9.47 Å². The van der Waals surface area contributed by atoms with Crippen LogP contribution in [0.15, 0.2) is 18.2 Å². The Bertz CT molecular complexity index is 685. The summed E-state index contributed by atoms with van der Waals surface area (Å²) < 4.78 is 35.8. The van der Waals surface area contributed by atoms with Gasteiger partial charge in [-0.2, -0.15) is 0 Å². The molecule has 1 unspecified atom stereocenters. The molecule has 2 heterocycles. The molecule has 1 aromatic carbocycles. The van der Waals surface area contributed by atoms with Gasteiger partial charge in [-0.05, 0) is 43.5 Å². The summed E-state index contributed by atoms with van der Waals surface area (Å²) in [5.74, 6) is 0.697. The maximum Gasteiger partial charge on any atom is 0.242 e. The van der Waals surface area contributed by atoms with E-state index in [-0.39, 0.29) is 24.8 Å². The number of ether oxygens (including phenoxy) is 2. The normalized spacial score (nSPS) is 22.8. The molecule has 3 rings (SSSR count). The van der Waals surface area contributed by atoms with Crippen molar-refractivity contribution in [2.45, 2.75) is 19.8 Å². The predicted octanol–water partition coefficient (Wildman–Crippen LogP) is 1.20. The van der Waals surface area contributed by atoms with Crippen LogP contribution in [0.3, 0.4) is 0 Å². The highest BCUT2D eigenvalue weighted by Crippen LogP contribution is 2.32. The summed E-state index contributed by atoms with van der Waals surface area (Å²) in [6.45, 7) is 2.96. The fraction of sp³-hybridized carbons (Fsp3) is 0.533. The Kier molecular flexibility index (Phi) is 3.99.